The summed E-state index contributed by atoms with van der Waals surface area (Å²) in [7, 11) is 0. The maximum Gasteiger partial charge on any atom is 0.0573 e. The maximum absolute atomic E-state index is 4.57. The van der Waals surface area contributed by atoms with E-state index in [9.17, 15) is 0 Å². The predicted octanol–water partition coefficient (Wildman–Crippen LogP) is 2.99. The van der Waals surface area contributed by atoms with Crippen LogP contribution in [0.2, 0.25) is 0 Å². The van der Waals surface area contributed by atoms with Gasteiger partial charge in [0, 0.05) is 37.4 Å². The van der Waals surface area contributed by atoms with E-state index in [0.717, 1.165) is 25.6 Å². The number of nitrogens with zero attached hydrogens (tertiary/aromatic N) is 2. The van der Waals surface area contributed by atoms with Gasteiger partial charge in [-0.3, -0.25) is 9.88 Å². The molecule has 0 aromatic carbocycles. The molecule has 20 heavy (non-hydrogen) atoms. The number of nitrogens with one attached hydrogen (secondary N) is 1. The summed E-state index contributed by atoms with van der Waals surface area (Å²) in [6.07, 6.45) is 3.15. The van der Waals surface area contributed by atoms with Crippen molar-refractivity contribution in [3.05, 3.63) is 29.6 Å². The van der Waals surface area contributed by atoms with Gasteiger partial charge in [0.1, 0.15) is 0 Å². The van der Waals surface area contributed by atoms with Gasteiger partial charge in [0.15, 0.2) is 0 Å². The number of aromatic nitrogens is 1. The Labute approximate surface area is 123 Å². The first-order chi connectivity index (χ1) is 9.37. The van der Waals surface area contributed by atoms with E-state index in [4.69, 9.17) is 0 Å². The smallest absolute Gasteiger partial charge is 0.0573 e. The summed E-state index contributed by atoms with van der Waals surface area (Å²) in [5.74, 6) is 0.732. The van der Waals surface area contributed by atoms with E-state index in [1.165, 1.54) is 17.7 Å². The molecule has 2 heterocycles. The van der Waals surface area contributed by atoms with Gasteiger partial charge >= 0.3 is 0 Å². The summed E-state index contributed by atoms with van der Waals surface area (Å²) in [6.45, 7) is 14.5. The molecular formula is C17H29N3. The van der Waals surface area contributed by atoms with Gasteiger partial charge in [0.05, 0.1) is 5.69 Å². The molecular weight excluding hydrogens is 246 g/mol. The summed E-state index contributed by atoms with van der Waals surface area (Å²) in [5, 5.41) is 3.68. The number of piperazine rings is 1. The van der Waals surface area contributed by atoms with Gasteiger partial charge in [0.2, 0.25) is 0 Å². The van der Waals surface area contributed by atoms with Crippen LogP contribution in [0, 0.1) is 12.8 Å². The first kappa shape index (κ1) is 15.5. The Morgan fingerprint density at radius 3 is 2.85 bits per heavy atom. The molecule has 1 aromatic heterocycles. The molecule has 1 aromatic rings. The normalized spacial score (nSPS) is 23.2. The van der Waals surface area contributed by atoms with Gasteiger partial charge in [-0.25, -0.2) is 0 Å². The van der Waals surface area contributed by atoms with Crippen LogP contribution in [0.15, 0.2) is 18.3 Å². The topological polar surface area (TPSA) is 28.2 Å². The summed E-state index contributed by atoms with van der Waals surface area (Å²) < 4.78 is 0. The fourth-order valence-electron chi connectivity index (χ4n) is 3.05. The minimum absolute atomic E-state index is 0.191. The van der Waals surface area contributed by atoms with Crippen LogP contribution in [0.1, 0.15) is 45.4 Å². The molecule has 0 spiro atoms. The first-order valence-electron chi connectivity index (χ1n) is 7.77. The van der Waals surface area contributed by atoms with Gasteiger partial charge in [-0.05, 0) is 44.7 Å². The van der Waals surface area contributed by atoms with Crippen molar-refractivity contribution in [1.29, 1.82) is 0 Å². The molecule has 3 nitrogen and oxygen atoms in total. The fraction of sp³-hybridized carbons (Fsp3) is 0.706. The highest BCUT2D eigenvalue weighted by Gasteiger charge is 2.32. The molecule has 1 aliphatic rings. The van der Waals surface area contributed by atoms with Crippen LogP contribution >= 0.6 is 0 Å². The largest absolute Gasteiger partial charge is 0.309 e. The van der Waals surface area contributed by atoms with Crippen LogP contribution < -0.4 is 5.32 Å². The lowest BCUT2D eigenvalue weighted by atomic mass is 9.93. The minimum atomic E-state index is 0.191. The van der Waals surface area contributed by atoms with Crippen molar-refractivity contribution in [2.75, 3.05) is 13.1 Å². The number of rotatable bonds is 4. The molecule has 0 amide bonds. The summed E-state index contributed by atoms with van der Waals surface area (Å²) in [6, 6.07) is 4.80. The van der Waals surface area contributed by atoms with Crippen LogP contribution in [0.3, 0.4) is 0 Å². The summed E-state index contributed by atoms with van der Waals surface area (Å²) in [5.41, 5.74) is 2.71. The summed E-state index contributed by atoms with van der Waals surface area (Å²) in [4.78, 5) is 7.19. The molecule has 112 valence electrons. The van der Waals surface area contributed by atoms with Gasteiger partial charge in [-0.15, -0.1) is 0 Å². The molecule has 0 bridgehead atoms. The standard InChI is InChI=1S/C17H29N3/c1-13(2)9-15-10-19-17(4,5)12-20(15)11-16-14(3)7-6-8-18-16/h6-8,13,15,19H,9-12H2,1-5H3. The van der Waals surface area contributed by atoms with Crippen molar-refractivity contribution in [1.82, 2.24) is 15.2 Å². The van der Waals surface area contributed by atoms with Crippen molar-refractivity contribution in [2.45, 2.75) is 59.2 Å². The average molecular weight is 275 g/mol. The zero-order valence-electron chi connectivity index (χ0n) is 13.6. The Morgan fingerprint density at radius 2 is 2.20 bits per heavy atom. The molecule has 1 aliphatic heterocycles. The fourth-order valence-corrected chi connectivity index (χ4v) is 3.05. The molecule has 0 radical (unpaired) electrons. The average Bonchev–Trinajstić information content (AvgIpc) is 2.35. The SMILES string of the molecule is Cc1cccnc1CN1CC(C)(C)NCC1CC(C)C. The highest BCUT2D eigenvalue weighted by atomic mass is 15.3. The maximum atomic E-state index is 4.57. The number of hydrogen-bond donors (Lipinski definition) is 1. The second-order valence-corrected chi connectivity index (χ2v) is 7.22. The van der Waals surface area contributed by atoms with Crippen LogP contribution in [0.5, 0.6) is 0 Å². The lowest BCUT2D eigenvalue weighted by Crippen LogP contribution is -2.61. The first-order valence-corrected chi connectivity index (χ1v) is 7.77. The van der Waals surface area contributed by atoms with Crippen molar-refractivity contribution >= 4 is 0 Å². The van der Waals surface area contributed by atoms with Crippen molar-refractivity contribution in [3.8, 4) is 0 Å². The van der Waals surface area contributed by atoms with E-state index in [0.29, 0.717) is 6.04 Å². The predicted molar refractivity (Wildman–Crippen MR) is 84.7 cm³/mol. The van der Waals surface area contributed by atoms with E-state index in [1.54, 1.807) is 0 Å². The Morgan fingerprint density at radius 1 is 1.45 bits per heavy atom. The quantitative estimate of drug-likeness (QED) is 0.915. The lowest BCUT2D eigenvalue weighted by molar-refractivity contribution is 0.0747. The Kier molecular flexibility index (Phi) is 4.82. The minimum Gasteiger partial charge on any atom is -0.309 e. The van der Waals surface area contributed by atoms with Gasteiger partial charge in [-0.1, -0.05) is 19.9 Å². The number of hydrogen-bond acceptors (Lipinski definition) is 3. The second kappa shape index (κ2) is 6.23. The van der Waals surface area contributed by atoms with Crippen LogP contribution in [-0.2, 0) is 6.54 Å². The highest BCUT2D eigenvalue weighted by Crippen LogP contribution is 2.22. The lowest BCUT2D eigenvalue weighted by Gasteiger charge is -2.45. The van der Waals surface area contributed by atoms with Gasteiger partial charge < -0.3 is 5.32 Å². The third-order valence-electron chi connectivity index (χ3n) is 4.15. The molecule has 1 N–H and O–H groups in total. The molecule has 1 fully saturated rings. The third kappa shape index (κ3) is 4.03. The van der Waals surface area contributed by atoms with Crippen molar-refractivity contribution in [2.24, 2.45) is 5.92 Å². The molecule has 0 aliphatic carbocycles. The van der Waals surface area contributed by atoms with E-state index in [2.05, 4.69) is 55.9 Å². The number of aryl methyl sites for hydroxylation is 1. The van der Waals surface area contributed by atoms with E-state index in [1.807, 2.05) is 12.3 Å². The molecule has 3 heteroatoms. The zero-order valence-corrected chi connectivity index (χ0v) is 13.6. The molecule has 2 rings (SSSR count). The Hall–Kier alpha value is -0.930. The molecule has 0 saturated carbocycles. The van der Waals surface area contributed by atoms with Crippen molar-refractivity contribution in [3.63, 3.8) is 0 Å². The van der Waals surface area contributed by atoms with Crippen LogP contribution in [0.4, 0.5) is 0 Å². The number of pyridine rings is 1. The third-order valence-corrected chi connectivity index (χ3v) is 4.15. The van der Waals surface area contributed by atoms with E-state index in [-0.39, 0.29) is 5.54 Å². The van der Waals surface area contributed by atoms with Gasteiger partial charge in [0.25, 0.3) is 0 Å². The molecule has 1 saturated heterocycles. The van der Waals surface area contributed by atoms with Crippen LogP contribution in [0.25, 0.3) is 0 Å². The van der Waals surface area contributed by atoms with Gasteiger partial charge in [-0.2, -0.15) is 0 Å². The van der Waals surface area contributed by atoms with E-state index < -0.39 is 0 Å². The Bertz CT molecular complexity index is 440. The molecule has 1 unspecified atom stereocenters. The van der Waals surface area contributed by atoms with E-state index >= 15 is 0 Å². The van der Waals surface area contributed by atoms with Crippen LogP contribution in [-0.4, -0.2) is 34.6 Å². The highest BCUT2D eigenvalue weighted by molar-refractivity contribution is 5.18. The van der Waals surface area contributed by atoms with Crippen molar-refractivity contribution < 1.29 is 0 Å². The monoisotopic (exact) mass is 275 g/mol. The second-order valence-electron chi connectivity index (χ2n) is 7.22. The zero-order chi connectivity index (χ0) is 14.8. The summed E-state index contributed by atoms with van der Waals surface area (Å²) >= 11 is 0. The Balaban J connectivity index is 2.13. The molecule has 1 atom stereocenters.